The molecule has 7 heteroatoms. The molecule has 0 aromatic heterocycles. The van der Waals surface area contributed by atoms with E-state index in [4.69, 9.17) is 10.00 Å². The largest absolute Gasteiger partial charge is 0.371 e. The summed E-state index contributed by atoms with van der Waals surface area (Å²) < 4.78 is 18.9. The number of hydrogen-bond donors (Lipinski definition) is 1. The fourth-order valence-electron chi connectivity index (χ4n) is 2.92. The van der Waals surface area contributed by atoms with E-state index in [1.54, 1.807) is 12.1 Å². The average molecular weight is 385 g/mol. The van der Waals surface area contributed by atoms with Crippen molar-refractivity contribution in [3.05, 3.63) is 59.9 Å². The lowest BCUT2D eigenvalue weighted by Gasteiger charge is -2.32. The number of carbonyl (C=O) groups is 1. The van der Waals surface area contributed by atoms with E-state index in [-0.39, 0.29) is 24.4 Å². The van der Waals surface area contributed by atoms with Crippen molar-refractivity contribution in [1.82, 2.24) is 4.90 Å². The molecule has 0 radical (unpaired) electrons. The summed E-state index contributed by atoms with van der Waals surface area (Å²) in [5.41, 5.74) is 1.62. The van der Waals surface area contributed by atoms with Crippen molar-refractivity contribution in [3.8, 4) is 6.07 Å². The predicted molar refractivity (Wildman–Crippen MR) is 103 cm³/mol. The Morgan fingerprint density at radius 1 is 1.30 bits per heavy atom. The number of hydrogen-bond acceptors (Lipinski definition) is 5. The predicted octanol–water partition coefficient (Wildman–Crippen LogP) is 3.45. The van der Waals surface area contributed by atoms with E-state index in [2.05, 4.69) is 11.4 Å². The summed E-state index contributed by atoms with van der Waals surface area (Å²) in [7, 11) is 0. The van der Waals surface area contributed by atoms with Crippen LogP contribution in [-0.2, 0) is 9.53 Å². The van der Waals surface area contributed by atoms with Gasteiger partial charge in [0.2, 0.25) is 5.91 Å². The number of thioether (sulfide) groups is 1. The number of morpholine rings is 1. The monoisotopic (exact) mass is 385 g/mol. The first kappa shape index (κ1) is 19.4. The van der Waals surface area contributed by atoms with Crippen LogP contribution in [0.1, 0.15) is 11.7 Å². The van der Waals surface area contributed by atoms with Gasteiger partial charge in [0.05, 0.1) is 36.8 Å². The Bertz CT molecular complexity index is 823. The van der Waals surface area contributed by atoms with Gasteiger partial charge in [0, 0.05) is 18.0 Å². The lowest BCUT2D eigenvalue weighted by molar-refractivity contribution is -0.119. The number of para-hydroxylation sites is 1. The Morgan fingerprint density at radius 2 is 2.07 bits per heavy atom. The molecule has 2 aromatic carbocycles. The lowest BCUT2D eigenvalue weighted by Crippen LogP contribution is -2.42. The fraction of sp³-hybridized carbons (Fsp3) is 0.300. The van der Waals surface area contributed by atoms with Gasteiger partial charge >= 0.3 is 0 Å². The van der Waals surface area contributed by atoms with Crippen LogP contribution in [0.25, 0.3) is 0 Å². The second-order valence-corrected chi connectivity index (χ2v) is 7.15. The molecule has 1 atom stereocenters. The molecule has 1 saturated heterocycles. The number of nitrogens with one attached hydrogen (secondary N) is 1. The lowest BCUT2D eigenvalue weighted by atomic mass is 10.1. The van der Waals surface area contributed by atoms with Crippen LogP contribution in [0, 0.1) is 17.1 Å². The number of carbonyl (C=O) groups excluding carboxylic acids is 1. The van der Waals surface area contributed by atoms with E-state index < -0.39 is 0 Å². The molecule has 0 aliphatic carbocycles. The van der Waals surface area contributed by atoms with E-state index in [9.17, 15) is 9.18 Å². The highest BCUT2D eigenvalue weighted by atomic mass is 32.2. The maximum absolute atomic E-state index is 13.1. The third kappa shape index (κ3) is 5.54. The molecule has 3 rings (SSSR count). The van der Waals surface area contributed by atoms with Crippen LogP contribution in [-0.4, -0.2) is 42.8 Å². The molecule has 2 aromatic rings. The molecular weight excluding hydrogens is 365 g/mol. The third-order valence-electron chi connectivity index (χ3n) is 4.21. The van der Waals surface area contributed by atoms with E-state index in [0.717, 1.165) is 10.5 Å². The molecule has 0 unspecified atom stereocenters. The minimum Gasteiger partial charge on any atom is -0.371 e. The molecular formula is C20H20FN3O2S. The number of anilines is 1. The summed E-state index contributed by atoms with van der Waals surface area (Å²) in [6, 6.07) is 15.8. The summed E-state index contributed by atoms with van der Waals surface area (Å²) >= 11 is 1.39. The van der Waals surface area contributed by atoms with Crippen LogP contribution < -0.4 is 5.32 Å². The molecule has 1 aliphatic rings. The molecule has 1 aliphatic heterocycles. The Hall–Kier alpha value is -2.40. The number of halogens is 1. The van der Waals surface area contributed by atoms with Crippen molar-refractivity contribution in [1.29, 1.82) is 5.26 Å². The zero-order valence-corrected chi connectivity index (χ0v) is 15.5. The summed E-state index contributed by atoms with van der Waals surface area (Å²) in [6.07, 6.45) is -0.175. The fourth-order valence-corrected chi connectivity index (χ4v) is 3.59. The van der Waals surface area contributed by atoms with Crippen LogP contribution in [0.3, 0.4) is 0 Å². The van der Waals surface area contributed by atoms with Crippen molar-refractivity contribution in [2.75, 3.05) is 37.3 Å². The summed E-state index contributed by atoms with van der Waals surface area (Å²) in [4.78, 5) is 15.4. The SMILES string of the molecule is N#CCSc1ccccc1NC(=O)CN1CCO[C@H](c2ccc(F)cc2)C1. The Balaban J connectivity index is 1.58. The molecule has 0 saturated carbocycles. The van der Waals surface area contributed by atoms with Crippen LogP contribution in [0.4, 0.5) is 10.1 Å². The maximum Gasteiger partial charge on any atom is 0.238 e. The van der Waals surface area contributed by atoms with Crippen molar-refractivity contribution in [2.24, 2.45) is 0 Å². The normalized spacial score (nSPS) is 17.3. The van der Waals surface area contributed by atoms with Crippen molar-refractivity contribution in [3.63, 3.8) is 0 Å². The molecule has 27 heavy (non-hydrogen) atoms. The van der Waals surface area contributed by atoms with Crippen LogP contribution in [0.5, 0.6) is 0 Å². The van der Waals surface area contributed by atoms with E-state index >= 15 is 0 Å². The molecule has 1 N–H and O–H groups in total. The minimum absolute atomic E-state index is 0.111. The Morgan fingerprint density at radius 3 is 2.85 bits per heavy atom. The van der Waals surface area contributed by atoms with Gasteiger partial charge in [0.25, 0.3) is 0 Å². The van der Waals surface area contributed by atoms with Crippen LogP contribution in [0.2, 0.25) is 0 Å². The van der Waals surface area contributed by atoms with Gasteiger partial charge in [0.1, 0.15) is 5.82 Å². The van der Waals surface area contributed by atoms with E-state index in [1.807, 2.05) is 29.2 Å². The zero-order valence-electron chi connectivity index (χ0n) is 14.7. The number of benzene rings is 2. The molecule has 1 heterocycles. The first-order chi connectivity index (χ1) is 13.2. The summed E-state index contributed by atoms with van der Waals surface area (Å²) in [6.45, 7) is 2.00. The highest BCUT2D eigenvalue weighted by molar-refractivity contribution is 7.99. The van der Waals surface area contributed by atoms with Gasteiger partial charge in [0.15, 0.2) is 0 Å². The first-order valence-corrected chi connectivity index (χ1v) is 9.62. The molecule has 1 fully saturated rings. The number of ether oxygens (including phenoxy) is 1. The van der Waals surface area contributed by atoms with Crippen LogP contribution in [0.15, 0.2) is 53.4 Å². The third-order valence-corrected chi connectivity index (χ3v) is 5.15. The topological polar surface area (TPSA) is 65.4 Å². The van der Waals surface area contributed by atoms with E-state index in [1.165, 1.54) is 23.9 Å². The summed E-state index contributed by atoms with van der Waals surface area (Å²) in [5.74, 6) is -0.0612. The number of nitrogens with zero attached hydrogens (tertiary/aromatic N) is 2. The van der Waals surface area contributed by atoms with Crippen LogP contribution >= 0.6 is 11.8 Å². The molecule has 140 valence electrons. The smallest absolute Gasteiger partial charge is 0.238 e. The van der Waals surface area contributed by atoms with E-state index in [0.29, 0.717) is 31.1 Å². The Kier molecular flexibility index (Phi) is 6.82. The van der Waals surface area contributed by atoms with Gasteiger partial charge in [-0.3, -0.25) is 9.69 Å². The molecule has 5 nitrogen and oxygen atoms in total. The first-order valence-electron chi connectivity index (χ1n) is 8.64. The second-order valence-electron chi connectivity index (χ2n) is 6.14. The molecule has 0 bridgehead atoms. The average Bonchev–Trinajstić information content (AvgIpc) is 2.68. The second kappa shape index (κ2) is 9.51. The van der Waals surface area contributed by atoms with Gasteiger partial charge in [-0.05, 0) is 29.8 Å². The number of rotatable bonds is 6. The van der Waals surface area contributed by atoms with Gasteiger partial charge in [-0.25, -0.2) is 4.39 Å². The highest BCUT2D eigenvalue weighted by Gasteiger charge is 2.23. The van der Waals surface area contributed by atoms with Gasteiger partial charge in [-0.2, -0.15) is 5.26 Å². The minimum atomic E-state index is -0.279. The maximum atomic E-state index is 13.1. The van der Waals surface area contributed by atoms with Gasteiger partial charge in [-0.15, -0.1) is 11.8 Å². The number of nitriles is 1. The zero-order chi connectivity index (χ0) is 19.1. The van der Waals surface area contributed by atoms with Gasteiger partial charge in [-0.1, -0.05) is 24.3 Å². The standard InChI is InChI=1S/C20H20FN3O2S/c21-16-7-5-15(6-8-16)18-13-24(10-11-26-18)14-20(25)23-17-3-1-2-4-19(17)27-12-9-22/h1-8,18H,10-14H2,(H,23,25)/t18-/m0/s1. The molecule has 1 amide bonds. The highest BCUT2D eigenvalue weighted by Crippen LogP contribution is 2.27. The summed E-state index contributed by atoms with van der Waals surface area (Å²) in [5, 5.41) is 11.7. The van der Waals surface area contributed by atoms with Crippen molar-refractivity contribution >= 4 is 23.4 Å². The van der Waals surface area contributed by atoms with Gasteiger partial charge < -0.3 is 10.1 Å². The Labute approximate surface area is 162 Å². The quantitative estimate of drug-likeness (QED) is 0.772. The van der Waals surface area contributed by atoms with Crippen molar-refractivity contribution < 1.29 is 13.9 Å². The molecule has 0 spiro atoms. The van der Waals surface area contributed by atoms with Crippen molar-refractivity contribution in [2.45, 2.75) is 11.0 Å². The number of amides is 1.